The van der Waals surface area contributed by atoms with E-state index < -0.39 is 28.6 Å². The molecule has 0 N–H and O–H groups in total. The summed E-state index contributed by atoms with van der Waals surface area (Å²) >= 11 is 5.65. The number of rotatable bonds is 2. The van der Waals surface area contributed by atoms with Crippen LogP contribution in [0.15, 0.2) is 42.5 Å². The molecular formula is C16H9ClF3NO2. The quantitative estimate of drug-likeness (QED) is 0.771. The van der Waals surface area contributed by atoms with E-state index in [0.29, 0.717) is 5.56 Å². The molecule has 3 nitrogen and oxygen atoms in total. The molecule has 2 amide bonds. The van der Waals surface area contributed by atoms with Crippen LogP contribution in [0.4, 0.5) is 13.2 Å². The molecule has 0 bridgehead atoms. The molecule has 0 saturated carbocycles. The van der Waals surface area contributed by atoms with Crippen molar-refractivity contribution in [1.29, 1.82) is 0 Å². The molecule has 0 spiro atoms. The number of nitrogens with zero attached hydrogens (tertiary/aromatic N) is 1. The zero-order valence-electron chi connectivity index (χ0n) is 11.5. The molecule has 1 heterocycles. The summed E-state index contributed by atoms with van der Waals surface area (Å²) in [5, 5.41) is -0.466. The first kappa shape index (κ1) is 15.6. The molecule has 3 rings (SSSR count). The lowest BCUT2D eigenvalue weighted by Crippen LogP contribution is -2.29. The minimum absolute atomic E-state index is 0.135. The number of hydrogen-bond acceptors (Lipinski definition) is 2. The highest BCUT2D eigenvalue weighted by molar-refractivity contribution is 6.31. The monoisotopic (exact) mass is 339 g/mol. The Hall–Kier alpha value is -2.34. The Balaban J connectivity index is 1.88. The molecule has 118 valence electrons. The molecule has 0 fully saturated rings. The number of carbonyl (C=O) groups is 2. The van der Waals surface area contributed by atoms with Crippen LogP contribution < -0.4 is 0 Å². The molecule has 23 heavy (non-hydrogen) atoms. The fraction of sp³-hybridized carbons (Fsp3) is 0.125. The van der Waals surface area contributed by atoms with Crippen LogP contribution in [0, 0.1) is 0 Å². The topological polar surface area (TPSA) is 37.4 Å². The number of carbonyl (C=O) groups excluding carboxylic acids is 2. The van der Waals surface area contributed by atoms with Gasteiger partial charge in [-0.1, -0.05) is 29.8 Å². The first-order chi connectivity index (χ1) is 10.8. The van der Waals surface area contributed by atoms with E-state index >= 15 is 0 Å². The molecule has 1 aliphatic heterocycles. The summed E-state index contributed by atoms with van der Waals surface area (Å²) in [6.45, 7) is -0.135. The van der Waals surface area contributed by atoms with Crippen molar-refractivity contribution in [2.75, 3.05) is 0 Å². The minimum Gasteiger partial charge on any atom is -0.270 e. The SMILES string of the molecule is O=C1c2ccccc2C(=O)N1Cc1ccc(C(F)(F)F)c(Cl)c1. The largest absolute Gasteiger partial charge is 0.417 e. The zero-order chi connectivity index (χ0) is 16.8. The van der Waals surface area contributed by atoms with Gasteiger partial charge in [0.05, 0.1) is 28.3 Å². The fourth-order valence-corrected chi connectivity index (χ4v) is 2.76. The highest BCUT2D eigenvalue weighted by Crippen LogP contribution is 2.35. The molecule has 0 radical (unpaired) electrons. The van der Waals surface area contributed by atoms with Gasteiger partial charge in [-0.15, -0.1) is 0 Å². The second kappa shape index (κ2) is 5.38. The first-order valence-electron chi connectivity index (χ1n) is 6.60. The van der Waals surface area contributed by atoms with Gasteiger partial charge in [-0.2, -0.15) is 13.2 Å². The average molecular weight is 340 g/mol. The average Bonchev–Trinajstić information content (AvgIpc) is 2.72. The Morgan fingerprint density at radius 1 is 0.957 bits per heavy atom. The molecule has 7 heteroatoms. The van der Waals surface area contributed by atoms with Gasteiger partial charge in [0.1, 0.15) is 0 Å². The molecule has 2 aromatic rings. The third-order valence-corrected chi connectivity index (χ3v) is 3.87. The normalized spacial score (nSPS) is 14.3. The van der Waals surface area contributed by atoms with Crippen molar-refractivity contribution in [2.24, 2.45) is 0 Å². The van der Waals surface area contributed by atoms with Gasteiger partial charge in [0.2, 0.25) is 0 Å². The fourth-order valence-electron chi connectivity index (χ4n) is 2.45. The lowest BCUT2D eigenvalue weighted by atomic mass is 10.1. The van der Waals surface area contributed by atoms with Gasteiger partial charge in [0.25, 0.3) is 11.8 Å². The summed E-state index contributed by atoms with van der Waals surface area (Å²) in [4.78, 5) is 25.4. The molecule has 1 aliphatic rings. The maximum Gasteiger partial charge on any atom is 0.417 e. The van der Waals surface area contributed by atoms with Crippen molar-refractivity contribution >= 4 is 23.4 Å². The van der Waals surface area contributed by atoms with E-state index in [1.165, 1.54) is 18.2 Å². The number of halogens is 4. The van der Waals surface area contributed by atoms with Crippen LogP contribution in [-0.4, -0.2) is 16.7 Å². The van der Waals surface area contributed by atoms with Crippen molar-refractivity contribution in [2.45, 2.75) is 12.7 Å². The second-order valence-corrected chi connectivity index (χ2v) is 5.46. The molecule has 0 aromatic heterocycles. The zero-order valence-corrected chi connectivity index (χ0v) is 12.3. The Kier molecular flexibility index (Phi) is 3.64. The number of amides is 2. The van der Waals surface area contributed by atoms with Crippen LogP contribution in [-0.2, 0) is 12.7 Å². The Morgan fingerprint density at radius 3 is 2.00 bits per heavy atom. The Bertz CT molecular complexity index is 782. The molecule has 2 aromatic carbocycles. The van der Waals surface area contributed by atoms with Crippen LogP contribution in [0.2, 0.25) is 5.02 Å². The van der Waals surface area contributed by atoms with Crippen molar-refractivity contribution < 1.29 is 22.8 Å². The van der Waals surface area contributed by atoms with Gasteiger partial charge in [0, 0.05) is 0 Å². The lowest BCUT2D eigenvalue weighted by molar-refractivity contribution is -0.137. The number of benzene rings is 2. The highest BCUT2D eigenvalue weighted by Gasteiger charge is 2.36. The standard InChI is InChI=1S/C16H9ClF3NO2/c17-13-7-9(5-6-12(13)16(18,19)20)8-21-14(22)10-3-1-2-4-11(10)15(21)23/h1-7H,8H2. The number of imide groups is 1. The van der Waals surface area contributed by atoms with Crippen molar-refractivity contribution in [3.63, 3.8) is 0 Å². The van der Waals surface area contributed by atoms with Gasteiger partial charge < -0.3 is 0 Å². The van der Waals surface area contributed by atoms with E-state index in [9.17, 15) is 22.8 Å². The highest BCUT2D eigenvalue weighted by atomic mass is 35.5. The summed E-state index contributed by atoms with van der Waals surface area (Å²) in [5.41, 5.74) is -0.0335. The van der Waals surface area contributed by atoms with E-state index in [2.05, 4.69) is 0 Å². The maximum absolute atomic E-state index is 12.7. The molecule has 0 atom stereocenters. The van der Waals surface area contributed by atoms with E-state index in [1.54, 1.807) is 12.1 Å². The van der Waals surface area contributed by atoms with Crippen LogP contribution in [0.1, 0.15) is 31.8 Å². The third kappa shape index (κ3) is 2.70. The van der Waals surface area contributed by atoms with E-state index in [4.69, 9.17) is 11.6 Å². The predicted octanol–water partition coefficient (Wildman–Crippen LogP) is 4.16. The Morgan fingerprint density at radius 2 is 1.52 bits per heavy atom. The third-order valence-electron chi connectivity index (χ3n) is 3.56. The van der Waals surface area contributed by atoms with Gasteiger partial charge in [0.15, 0.2) is 0 Å². The summed E-state index contributed by atoms with van der Waals surface area (Å²) in [7, 11) is 0. The predicted molar refractivity (Wildman–Crippen MR) is 77.1 cm³/mol. The number of hydrogen-bond donors (Lipinski definition) is 0. The van der Waals surface area contributed by atoms with E-state index in [-0.39, 0.29) is 17.7 Å². The first-order valence-corrected chi connectivity index (χ1v) is 6.97. The van der Waals surface area contributed by atoms with E-state index in [0.717, 1.165) is 17.0 Å². The van der Waals surface area contributed by atoms with Crippen LogP contribution in [0.5, 0.6) is 0 Å². The van der Waals surface area contributed by atoms with Crippen LogP contribution in [0.25, 0.3) is 0 Å². The van der Waals surface area contributed by atoms with Gasteiger partial charge in [-0.25, -0.2) is 0 Å². The maximum atomic E-state index is 12.7. The molecular weight excluding hydrogens is 331 g/mol. The van der Waals surface area contributed by atoms with Crippen LogP contribution in [0.3, 0.4) is 0 Å². The summed E-state index contributed by atoms with van der Waals surface area (Å²) in [6, 6.07) is 9.53. The van der Waals surface area contributed by atoms with Crippen molar-refractivity contribution in [3.8, 4) is 0 Å². The number of alkyl halides is 3. The molecule has 0 aliphatic carbocycles. The van der Waals surface area contributed by atoms with Gasteiger partial charge in [-0.05, 0) is 29.8 Å². The van der Waals surface area contributed by atoms with Gasteiger partial charge in [-0.3, -0.25) is 14.5 Å². The smallest absolute Gasteiger partial charge is 0.270 e. The molecule has 0 saturated heterocycles. The van der Waals surface area contributed by atoms with Gasteiger partial charge >= 0.3 is 6.18 Å². The minimum atomic E-state index is -4.55. The van der Waals surface area contributed by atoms with Crippen molar-refractivity contribution in [3.05, 3.63) is 69.7 Å². The van der Waals surface area contributed by atoms with Crippen LogP contribution >= 0.6 is 11.6 Å². The lowest BCUT2D eigenvalue weighted by Gasteiger charge is -2.15. The Labute approximate surface area is 134 Å². The summed E-state index contributed by atoms with van der Waals surface area (Å²) in [6.07, 6.45) is -4.55. The summed E-state index contributed by atoms with van der Waals surface area (Å²) in [5.74, 6) is -0.941. The second-order valence-electron chi connectivity index (χ2n) is 5.05. The molecule has 0 unspecified atom stereocenters. The van der Waals surface area contributed by atoms with Crippen molar-refractivity contribution in [1.82, 2.24) is 4.90 Å². The summed E-state index contributed by atoms with van der Waals surface area (Å²) < 4.78 is 38.1. The van der Waals surface area contributed by atoms with E-state index in [1.807, 2.05) is 0 Å². The number of fused-ring (bicyclic) bond motifs is 1.